The predicted molar refractivity (Wildman–Crippen MR) is 116 cm³/mol. The Labute approximate surface area is 175 Å². The zero-order chi connectivity index (χ0) is 20.9. The van der Waals surface area contributed by atoms with Gasteiger partial charge in [-0.2, -0.15) is 10.2 Å². The Balaban J connectivity index is 1.44. The van der Waals surface area contributed by atoms with Gasteiger partial charge in [-0.25, -0.2) is 9.20 Å². The Bertz CT molecular complexity index is 1120. The molecule has 0 bridgehead atoms. The molecule has 2 heterocycles. The van der Waals surface area contributed by atoms with E-state index in [4.69, 9.17) is 0 Å². The fourth-order valence-corrected chi connectivity index (χ4v) is 3.79. The van der Waals surface area contributed by atoms with Crippen LogP contribution in [0.2, 0.25) is 0 Å². The summed E-state index contributed by atoms with van der Waals surface area (Å²) in [6, 6.07) is 9.87. The first-order valence-corrected chi connectivity index (χ1v) is 10.6. The smallest absolute Gasteiger partial charge is 0.293 e. The lowest BCUT2D eigenvalue weighted by molar-refractivity contribution is -0.121. The second kappa shape index (κ2) is 9.07. The first-order chi connectivity index (χ1) is 14.6. The van der Waals surface area contributed by atoms with Crippen LogP contribution < -0.4 is 10.9 Å². The van der Waals surface area contributed by atoms with E-state index in [0.717, 1.165) is 31.2 Å². The molecule has 1 N–H and O–H groups in total. The van der Waals surface area contributed by atoms with Crippen LogP contribution >= 0.6 is 0 Å². The molecule has 0 radical (unpaired) electrons. The van der Waals surface area contributed by atoms with E-state index in [2.05, 4.69) is 40.6 Å². The number of nitrogens with one attached hydrogen (secondary N) is 1. The number of allylic oxidation sites excluding steroid dienone is 1. The molecule has 0 saturated carbocycles. The monoisotopic (exact) mass is 405 g/mol. The minimum absolute atomic E-state index is 0.0971. The van der Waals surface area contributed by atoms with Crippen LogP contribution in [0, 0.1) is 0 Å². The van der Waals surface area contributed by atoms with Gasteiger partial charge in [0.25, 0.3) is 5.56 Å². The van der Waals surface area contributed by atoms with Crippen LogP contribution in [0.5, 0.6) is 0 Å². The Morgan fingerprint density at radius 1 is 1.20 bits per heavy atom. The van der Waals surface area contributed by atoms with Gasteiger partial charge in [0, 0.05) is 12.1 Å². The molecule has 30 heavy (non-hydrogen) atoms. The highest BCUT2D eigenvalue weighted by molar-refractivity contribution is 5.75. The molecule has 2 aromatic heterocycles. The fourth-order valence-electron chi connectivity index (χ4n) is 3.79. The second-order valence-corrected chi connectivity index (χ2v) is 7.71. The molecule has 1 aliphatic carbocycles. The van der Waals surface area contributed by atoms with Gasteiger partial charge < -0.3 is 5.32 Å². The topological polar surface area (TPSA) is 81.3 Å². The molecule has 3 aromatic rings. The maximum Gasteiger partial charge on any atom is 0.293 e. The van der Waals surface area contributed by atoms with Gasteiger partial charge in [0.15, 0.2) is 0 Å². The fraction of sp³-hybridized carbons (Fsp3) is 0.391. The van der Waals surface area contributed by atoms with Crippen molar-refractivity contribution in [2.24, 2.45) is 0 Å². The van der Waals surface area contributed by atoms with Crippen molar-refractivity contribution in [1.82, 2.24) is 24.7 Å². The number of nitrogens with zero attached hydrogens (tertiary/aromatic N) is 4. The highest BCUT2D eigenvalue weighted by Crippen LogP contribution is 2.20. The highest BCUT2D eigenvalue weighted by atomic mass is 16.2. The number of amides is 1. The summed E-state index contributed by atoms with van der Waals surface area (Å²) in [5.74, 6) is -0.208. The lowest BCUT2D eigenvalue weighted by Gasteiger charge is -2.13. The molecule has 7 nitrogen and oxygen atoms in total. The van der Waals surface area contributed by atoms with Crippen LogP contribution in [0.4, 0.5) is 0 Å². The van der Waals surface area contributed by atoms with E-state index in [1.165, 1.54) is 39.5 Å². The Hall–Kier alpha value is -3.22. The number of rotatable bonds is 7. The van der Waals surface area contributed by atoms with E-state index < -0.39 is 0 Å². The lowest BCUT2D eigenvalue weighted by atomic mass is 9.97. The van der Waals surface area contributed by atoms with Crippen LogP contribution in [-0.4, -0.2) is 31.8 Å². The molecule has 0 fully saturated rings. The van der Waals surface area contributed by atoms with Crippen LogP contribution in [0.25, 0.3) is 16.8 Å². The van der Waals surface area contributed by atoms with E-state index in [-0.39, 0.29) is 18.0 Å². The Morgan fingerprint density at radius 3 is 2.77 bits per heavy atom. The average molecular weight is 406 g/mol. The predicted octanol–water partition coefficient (Wildman–Crippen LogP) is 3.13. The summed E-state index contributed by atoms with van der Waals surface area (Å²) in [6.07, 6.45) is 10.3. The standard InChI is InChI=1S/C23H27N5O2/c1-2-17-8-10-19(11-9-17)20-14-21-23(30)27(25-16-28(21)26-20)15-22(29)24-13-12-18-6-4-3-5-7-18/h6,8-11,14,16H,2-5,7,12-13,15H2,1H3,(H,24,29). The summed E-state index contributed by atoms with van der Waals surface area (Å²) in [5, 5.41) is 11.5. The van der Waals surface area contributed by atoms with E-state index in [1.807, 2.05) is 12.1 Å². The Kier molecular flexibility index (Phi) is 6.07. The summed E-state index contributed by atoms with van der Waals surface area (Å²) in [6.45, 7) is 2.60. The van der Waals surface area contributed by atoms with Crippen LogP contribution in [0.15, 0.2) is 53.1 Å². The molecule has 0 unspecified atom stereocenters. The zero-order valence-corrected chi connectivity index (χ0v) is 17.3. The van der Waals surface area contributed by atoms with Gasteiger partial charge in [-0.1, -0.05) is 42.8 Å². The van der Waals surface area contributed by atoms with Crippen molar-refractivity contribution in [2.75, 3.05) is 6.54 Å². The third-order valence-corrected chi connectivity index (χ3v) is 5.59. The number of aromatic nitrogens is 4. The number of benzene rings is 1. The normalized spacial score (nSPS) is 14.0. The number of fused-ring (bicyclic) bond motifs is 1. The molecule has 1 aliphatic rings. The summed E-state index contributed by atoms with van der Waals surface area (Å²) >= 11 is 0. The van der Waals surface area contributed by atoms with Gasteiger partial charge in [0.2, 0.25) is 5.91 Å². The molecule has 1 amide bonds. The maximum absolute atomic E-state index is 12.8. The number of carbonyl (C=O) groups excluding carboxylic acids is 1. The number of hydrogen-bond donors (Lipinski definition) is 1. The lowest BCUT2D eigenvalue weighted by Crippen LogP contribution is -2.34. The minimum Gasteiger partial charge on any atom is -0.354 e. The van der Waals surface area contributed by atoms with E-state index >= 15 is 0 Å². The molecule has 7 heteroatoms. The third-order valence-electron chi connectivity index (χ3n) is 5.59. The molecular formula is C23H27N5O2. The number of aryl methyl sites for hydroxylation is 1. The molecule has 4 rings (SSSR count). The Morgan fingerprint density at radius 2 is 2.03 bits per heavy atom. The van der Waals surface area contributed by atoms with E-state index in [1.54, 1.807) is 6.07 Å². The van der Waals surface area contributed by atoms with Crippen molar-refractivity contribution < 1.29 is 4.79 Å². The quantitative estimate of drug-likeness (QED) is 0.613. The van der Waals surface area contributed by atoms with Crippen molar-refractivity contribution in [3.05, 3.63) is 64.2 Å². The second-order valence-electron chi connectivity index (χ2n) is 7.71. The third kappa shape index (κ3) is 4.50. The zero-order valence-electron chi connectivity index (χ0n) is 17.3. The van der Waals surface area contributed by atoms with Crippen molar-refractivity contribution in [3.63, 3.8) is 0 Å². The van der Waals surface area contributed by atoms with Gasteiger partial charge in [-0.15, -0.1) is 0 Å². The number of carbonyl (C=O) groups is 1. The maximum atomic E-state index is 12.8. The number of hydrogen-bond acceptors (Lipinski definition) is 4. The SMILES string of the molecule is CCc1ccc(-c2cc3c(=O)n(CC(=O)NCCC4=CCCCC4)ncn3n2)cc1. The molecule has 156 valence electrons. The molecule has 0 spiro atoms. The van der Waals surface area contributed by atoms with Crippen LogP contribution in [-0.2, 0) is 17.8 Å². The van der Waals surface area contributed by atoms with Gasteiger partial charge in [0.1, 0.15) is 18.4 Å². The first kappa shape index (κ1) is 20.1. The van der Waals surface area contributed by atoms with Gasteiger partial charge >= 0.3 is 0 Å². The molecular weight excluding hydrogens is 378 g/mol. The van der Waals surface area contributed by atoms with E-state index in [9.17, 15) is 9.59 Å². The average Bonchev–Trinajstić information content (AvgIpc) is 3.22. The summed E-state index contributed by atoms with van der Waals surface area (Å²) in [5.41, 5.74) is 4.39. The molecule has 0 aliphatic heterocycles. The summed E-state index contributed by atoms with van der Waals surface area (Å²) in [4.78, 5) is 25.1. The molecule has 1 aromatic carbocycles. The van der Waals surface area contributed by atoms with Gasteiger partial charge in [0.05, 0.1) is 5.69 Å². The van der Waals surface area contributed by atoms with Crippen molar-refractivity contribution in [2.45, 2.75) is 52.0 Å². The molecule has 0 saturated heterocycles. The van der Waals surface area contributed by atoms with Crippen molar-refractivity contribution in [1.29, 1.82) is 0 Å². The van der Waals surface area contributed by atoms with Gasteiger partial charge in [-0.05, 0) is 50.2 Å². The largest absolute Gasteiger partial charge is 0.354 e. The summed E-state index contributed by atoms with van der Waals surface area (Å²) < 4.78 is 2.66. The highest BCUT2D eigenvalue weighted by Gasteiger charge is 2.12. The minimum atomic E-state index is -0.327. The molecule has 0 atom stereocenters. The van der Waals surface area contributed by atoms with Crippen molar-refractivity contribution in [3.8, 4) is 11.3 Å². The van der Waals surface area contributed by atoms with Crippen LogP contribution in [0.3, 0.4) is 0 Å². The van der Waals surface area contributed by atoms with Crippen molar-refractivity contribution >= 4 is 11.4 Å². The summed E-state index contributed by atoms with van der Waals surface area (Å²) in [7, 11) is 0. The van der Waals surface area contributed by atoms with Gasteiger partial charge in [-0.3, -0.25) is 9.59 Å². The van der Waals surface area contributed by atoms with E-state index in [0.29, 0.717) is 17.8 Å². The first-order valence-electron chi connectivity index (χ1n) is 10.6. The van der Waals surface area contributed by atoms with Crippen LogP contribution in [0.1, 0.15) is 44.6 Å².